The number of nitrogens with one attached hydrogen (secondary N) is 1. The van der Waals surface area contributed by atoms with Crippen LogP contribution in [0.2, 0.25) is 5.02 Å². The second kappa shape index (κ2) is 10.7. The van der Waals surface area contributed by atoms with Gasteiger partial charge in [-0.1, -0.05) is 72.3 Å². The molecule has 34 heavy (non-hydrogen) atoms. The molecule has 1 heterocycles. The molecule has 0 aliphatic heterocycles. The van der Waals surface area contributed by atoms with E-state index in [0.29, 0.717) is 11.6 Å². The molecule has 0 radical (unpaired) electrons. The highest BCUT2D eigenvalue weighted by Gasteiger charge is 2.17. The average Bonchev–Trinajstić information content (AvgIpc) is 3.25. The van der Waals surface area contributed by atoms with Crippen molar-refractivity contribution in [1.29, 1.82) is 0 Å². The number of aromatic nitrogens is 2. The van der Waals surface area contributed by atoms with Crippen LogP contribution in [0.4, 0.5) is 0 Å². The maximum absolute atomic E-state index is 12.5. The van der Waals surface area contributed by atoms with E-state index in [1.807, 2.05) is 71.5 Å². The van der Waals surface area contributed by atoms with Gasteiger partial charge >= 0.3 is 0 Å². The summed E-state index contributed by atoms with van der Waals surface area (Å²) < 4.78 is 26.9. The van der Waals surface area contributed by atoms with Crippen LogP contribution >= 0.6 is 11.6 Å². The minimum Gasteiger partial charge on any atom is -0.352 e. The highest BCUT2D eigenvalue weighted by Crippen LogP contribution is 2.22. The molecule has 0 unspecified atom stereocenters. The van der Waals surface area contributed by atoms with Gasteiger partial charge in [0.05, 0.1) is 22.9 Å². The van der Waals surface area contributed by atoms with Gasteiger partial charge < -0.3 is 5.32 Å². The molecule has 1 aromatic heterocycles. The Balaban J connectivity index is 1.44. The molecule has 1 amide bonds. The number of hydrogen-bond donors (Lipinski definition) is 1. The molecule has 4 aromatic rings. The minimum absolute atomic E-state index is 0.135. The molecular formula is C26H24ClN3O3S. The summed E-state index contributed by atoms with van der Waals surface area (Å²) in [6.07, 6.45) is 1.78. The van der Waals surface area contributed by atoms with Crippen LogP contribution in [-0.2, 0) is 27.7 Å². The van der Waals surface area contributed by atoms with Gasteiger partial charge in [-0.25, -0.2) is 8.42 Å². The van der Waals surface area contributed by atoms with Gasteiger partial charge in [0, 0.05) is 35.3 Å². The van der Waals surface area contributed by atoms with Crippen molar-refractivity contribution >= 4 is 27.3 Å². The van der Waals surface area contributed by atoms with Gasteiger partial charge in [-0.3, -0.25) is 9.48 Å². The second-order valence-electron chi connectivity index (χ2n) is 7.85. The van der Waals surface area contributed by atoms with Gasteiger partial charge in [-0.2, -0.15) is 5.10 Å². The summed E-state index contributed by atoms with van der Waals surface area (Å²) in [7, 11) is -3.57. The van der Waals surface area contributed by atoms with Gasteiger partial charge in [0.1, 0.15) is 0 Å². The van der Waals surface area contributed by atoms with Crippen molar-refractivity contribution in [2.75, 3.05) is 5.75 Å². The van der Waals surface area contributed by atoms with Gasteiger partial charge in [-0.05, 0) is 29.8 Å². The third-order valence-corrected chi connectivity index (χ3v) is 7.30. The zero-order valence-electron chi connectivity index (χ0n) is 18.4. The number of carbonyl (C=O) groups excluding carboxylic acids is 1. The highest BCUT2D eigenvalue weighted by molar-refractivity contribution is 7.91. The number of benzene rings is 3. The van der Waals surface area contributed by atoms with Crippen LogP contribution < -0.4 is 5.32 Å². The molecule has 0 aliphatic carbocycles. The van der Waals surface area contributed by atoms with E-state index in [-0.39, 0.29) is 29.5 Å². The molecule has 0 atom stereocenters. The lowest BCUT2D eigenvalue weighted by Gasteiger charge is -2.07. The molecule has 4 rings (SSSR count). The molecule has 0 aliphatic rings. The average molecular weight is 494 g/mol. The molecule has 1 N–H and O–H groups in total. The van der Waals surface area contributed by atoms with Crippen molar-refractivity contribution in [1.82, 2.24) is 15.1 Å². The Labute approximate surface area is 204 Å². The van der Waals surface area contributed by atoms with Crippen LogP contribution in [0.3, 0.4) is 0 Å². The number of nitrogens with zero attached hydrogens (tertiary/aromatic N) is 2. The van der Waals surface area contributed by atoms with E-state index < -0.39 is 9.84 Å². The first-order valence-electron chi connectivity index (χ1n) is 10.8. The van der Waals surface area contributed by atoms with E-state index in [2.05, 4.69) is 5.32 Å². The van der Waals surface area contributed by atoms with Crippen molar-refractivity contribution in [3.8, 4) is 11.3 Å². The molecule has 3 aromatic carbocycles. The van der Waals surface area contributed by atoms with Gasteiger partial charge in [-0.15, -0.1) is 0 Å². The lowest BCUT2D eigenvalue weighted by molar-refractivity contribution is -0.120. The van der Waals surface area contributed by atoms with Crippen LogP contribution in [0, 0.1) is 0 Å². The van der Waals surface area contributed by atoms with Crippen LogP contribution in [0.1, 0.15) is 17.5 Å². The summed E-state index contributed by atoms with van der Waals surface area (Å²) in [4.78, 5) is 12.6. The predicted octanol–water partition coefficient (Wildman–Crippen LogP) is 4.73. The topological polar surface area (TPSA) is 81.1 Å². The quantitative estimate of drug-likeness (QED) is 0.365. The first-order valence-corrected chi connectivity index (χ1v) is 12.8. The van der Waals surface area contributed by atoms with Crippen molar-refractivity contribution in [3.63, 3.8) is 0 Å². The molecule has 0 saturated heterocycles. The van der Waals surface area contributed by atoms with Crippen LogP contribution in [0.25, 0.3) is 11.3 Å². The molecule has 8 heteroatoms. The zero-order valence-corrected chi connectivity index (χ0v) is 20.0. The molecule has 174 valence electrons. The zero-order chi connectivity index (χ0) is 24.0. The number of amides is 1. The molecule has 0 spiro atoms. The van der Waals surface area contributed by atoms with Crippen LogP contribution in [-0.4, -0.2) is 29.9 Å². The third-order valence-electron chi connectivity index (χ3n) is 5.32. The first kappa shape index (κ1) is 23.7. The van der Waals surface area contributed by atoms with E-state index in [1.165, 1.54) is 24.3 Å². The largest absolute Gasteiger partial charge is 0.352 e. The molecule has 0 saturated carbocycles. The maximum atomic E-state index is 12.5. The number of rotatable bonds is 9. The number of hydrogen-bond acceptors (Lipinski definition) is 4. The molecule has 6 nitrogen and oxygen atoms in total. The Morgan fingerprint density at radius 3 is 2.24 bits per heavy atom. The fourth-order valence-electron chi connectivity index (χ4n) is 3.55. The normalized spacial score (nSPS) is 11.3. The Bertz CT molecular complexity index is 1350. The number of carbonyl (C=O) groups is 1. The summed E-state index contributed by atoms with van der Waals surface area (Å²) >= 11 is 5.83. The molecular weight excluding hydrogens is 470 g/mol. The van der Waals surface area contributed by atoms with Crippen molar-refractivity contribution < 1.29 is 13.2 Å². The summed E-state index contributed by atoms with van der Waals surface area (Å²) in [5.74, 6) is -0.619. The second-order valence-corrected chi connectivity index (χ2v) is 10.4. The molecule has 0 bridgehead atoms. The maximum Gasteiger partial charge on any atom is 0.221 e. The third kappa shape index (κ3) is 6.12. The number of sulfone groups is 1. The lowest BCUT2D eigenvalue weighted by Crippen LogP contribution is -2.25. The Hall–Kier alpha value is -3.42. The van der Waals surface area contributed by atoms with Crippen molar-refractivity contribution in [2.45, 2.75) is 24.4 Å². The summed E-state index contributed by atoms with van der Waals surface area (Å²) in [6, 6.07) is 25.7. The fourth-order valence-corrected chi connectivity index (χ4v) is 4.92. The Kier molecular flexibility index (Phi) is 7.45. The van der Waals surface area contributed by atoms with Gasteiger partial charge in [0.2, 0.25) is 5.91 Å². The standard InChI is InChI=1S/C26H24ClN3O3S/c27-23-11-13-24(14-12-23)34(32,33)16-15-25(31)28-17-22-19-30(18-20-7-3-1-4-8-20)29-26(22)21-9-5-2-6-10-21/h1-14,19H,15-18H2,(H,28,31). The van der Waals surface area contributed by atoms with Crippen molar-refractivity contribution in [3.05, 3.63) is 107 Å². The Morgan fingerprint density at radius 1 is 0.912 bits per heavy atom. The SMILES string of the molecule is O=C(CCS(=O)(=O)c1ccc(Cl)cc1)NCc1cn(Cc2ccccc2)nc1-c1ccccc1. The minimum atomic E-state index is -3.57. The van der Waals surface area contributed by atoms with E-state index in [4.69, 9.17) is 16.7 Å². The molecule has 0 fully saturated rings. The Morgan fingerprint density at radius 2 is 1.56 bits per heavy atom. The number of halogens is 1. The predicted molar refractivity (Wildman–Crippen MR) is 133 cm³/mol. The lowest BCUT2D eigenvalue weighted by atomic mass is 10.1. The first-order chi connectivity index (χ1) is 16.4. The highest BCUT2D eigenvalue weighted by atomic mass is 35.5. The van der Waals surface area contributed by atoms with Crippen LogP contribution in [0.15, 0.2) is 96.0 Å². The summed E-state index contributed by atoms with van der Waals surface area (Å²) in [5, 5.41) is 8.04. The monoisotopic (exact) mass is 493 g/mol. The van der Waals surface area contributed by atoms with E-state index in [1.54, 1.807) is 0 Å². The fraction of sp³-hybridized carbons (Fsp3) is 0.154. The van der Waals surface area contributed by atoms with E-state index in [0.717, 1.165) is 22.4 Å². The summed E-state index contributed by atoms with van der Waals surface area (Å²) in [6.45, 7) is 0.854. The van der Waals surface area contributed by atoms with Gasteiger partial charge in [0.15, 0.2) is 9.84 Å². The van der Waals surface area contributed by atoms with E-state index in [9.17, 15) is 13.2 Å². The summed E-state index contributed by atoms with van der Waals surface area (Å²) in [5.41, 5.74) is 3.71. The van der Waals surface area contributed by atoms with Crippen molar-refractivity contribution in [2.24, 2.45) is 0 Å². The van der Waals surface area contributed by atoms with Crippen LogP contribution in [0.5, 0.6) is 0 Å². The van der Waals surface area contributed by atoms with Gasteiger partial charge in [0.25, 0.3) is 0 Å². The smallest absolute Gasteiger partial charge is 0.221 e. The van der Waals surface area contributed by atoms with E-state index >= 15 is 0 Å².